The highest BCUT2D eigenvalue weighted by Gasteiger charge is 2.29. The lowest BCUT2D eigenvalue weighted by Gasteiger charge is -2.28. The molecule has 0 aliphatic carbocycles. The lowest BCUT2D eigenvalue weighted by atomic mass is 10.1. The Morgan fingerprint density at radius 1 is 1.42 bits per heavy atom. The van der Waals surface area contributed by atoms with Crippen molar-refractivity contribution in [3.05, 3.63) is 29.3 Å². The Balaban J connectivity index is 2.22. The normalized spacial score (nSPS) is 23.7. The predicted molar refractivity (Wildman–Crippen MR) is 76.4 cm³/mol. The van der Waals surface area contributed by atoms with E-state index >= 15 is 0 Å². The first kappa shape index (κ1) is 14.1. The Morgan fingerprint density at radius 3 is 2.79 bits per heavy atom. The molecule has 0 amide bonds. The van der Waals surface area contributed by atoms with Crippen molar-refractivity contribution in [3.8, 4) is 5.75 Å². The number of benzene rings is 1. The second-order valence-electron chi connectivity index (χ2n) is 5.56. The molecule has 104 valence electrons. The SMILES string of the molecule is CCC1CCC(C)N1Cc1cc(C(C)=O)ccc1O. The second-order valence-corrected chi connectivity index (χ2v) is 5.56. The summed E-state index contributed by atoms with van der Waals surface area (Å²) in [5.41, 5.74) is 1.53. The van der Waals surface area contributed by atoms with Gasteiger partial charge in [-0.1, -0.05) is 6.92 Å². The topological polar surface area (TPSA) is 40.5 Å². The van der Waals surface area contributed by atoms with Crippen molar-refractivity contribution >= 4 is 5.78 Å². The highest BCUT2D eigenvalue weighted by Crippen LogP contribution is 2.30. The van der Waals surface area contributed by atoms with Crippen LogP contribution in [-0.2, 0) is 6.54 Å². The van der Waals surface area contributed by atoms with Gasteiger partial charge in [0.2, 0.25) is 0 Å². The third-order valence-corrected chi connectivity index (χ3v) is 4.26. The summed E-state index contributed by atoms with van der Waals surface area (Å²) >= 11 is 0. The quantitative estimate of drug-likeness (QED) is 0.845. The van der Waals surface area contributed by atoms with E-state index in [1.54, 1.807) is 19.1 Å². The fourth-order valence-corrected chi connectivity index (χ4v) is 2.98. The molecular formula is C16H23NO2. The number of carbonyl (C=O) groups is 1. The number of likely N-dealkylation sites (tertiary alicyclic amines) is 1. The molecule has 0 bridgehead atoms. The number of hydrogen-bond acceptors (Lipinski definition) is 3. The number of Topliss-reactive ketones (excluding diaryl/α,β-unsaturated/α-hetero) is 1. The van der Waals surface area contributed by atoms with Crippen LogP contribution in [0, 0.1) is 0 Å². The van der Waals surface area contributed by atoms with Crippen LogP contribution in [0.4, 0.5) is 0 Å². The minimum atomic E-state index is 0.0442. The predicted octanol–water partition coefficient (Wildman–Crippen LogP) is 3.36. The number of carbonyl (C=O) groups excluding carboxylic acids is 1. The number of phenols is 1. The van der Waals surface area contributed by atoms with Gasteiger partial charge in [-0.25, -0.2) is 0 Å². The van der Waals surface area contributed by atoms with E-state index in [4.69, 9.17) is 0 Å². The van der Waals surface area contributed by atoms with Gasteiger partial charge < -0.3 is 5.11 Å². The smallest absolute Gasteiger partial charge is 0.159 e. The maximum absolute atomic E-state index is 11.4. The third-order valence-electron chi connectivity index (χ3n) is 4.26. The largest absolute Gasteiger partial charge is 0.508 e. The van der Waals surface area contributed by atoms with Crippen LogP contribution in [-0.4, -0.2) is 27.9 Å². The molecule has 2 rings (SSSR count). The summed E-state index contributed by atoms with van der Waals surface area (Å²) in [6.45, 7) is 6.74. The van der Waals surface area contributed by atoms with Crippen LogP contribution in [0.25, 0.3) is 0 Å². The standard InChI is InChI=1S/C16H23NO2/c1-4-15-7-5-11(2)17(15)10-14-9-13(12(3)18)6-8-16(14)19/h6,8-9,11,15,19H,4-5,7,10H2,1-3H3. The van der Waals surface area contributed by atoms with E-state index in [-0.39, 0.29) is 5.78 Å². The number of rotatable bonds is 4. The molecule has 1 aromatic carbocycles. The fraction of sp³-hybridized carbons (Fsp3) is 0.562. The van der Waals surface area contributed by atoms with E-state index in [9.17, 15) is 9.90 Å². The Labute approximate surface area is 115 Å². The van der Waals surface area contributed by atoms with Gasteiger partial charge >= 0.3 is 0 Å². The van der Waals surface area contributed by atoms with Crippen LogP contribution in [0.1, 0.15) is 56.0 Å². The van der Waals surface area contributed by atoms with E-state index in [0.29, 0.717) is 23.4 Å². The first-order valence-electron chi connectivity index (χ1n) is 7.11. The van der Waals surface area contributed by atoms with Crippen LogP contribution in [0.5, 0.6) is 5.75 Å². The lowest BCUT2D eigenvalue weighted by Crippen LogP contribution is -2.33. The van der Waals surface area contributed by atoms with Crippen LogP contribution in [0.3, 0.4) is 0 Å². The average Bonchev–Trinajstić information content (AvgIpc) is 2.73. The number of hydrogen-bond donors (Lipinski definition) is 1. The first-order valence-corrected chi connectivity index (χ1v) is 7.11. The molecule has 2 atom stereocenters. The summed E-state index contributed by atoms with van der Waals surface area (Å²) in [6, 6.07) is 6.29. The number of phenolic OH excluding ortho intramolecular Hbond substituents is 1. The molecule has 2 unspecified atom stereocenters. The molecular weight excluding hydrogens is 238 g/mol. The van der Waals surface area contributed by atoms with Gasteiger partial charge in [0.25, 0.3) is 0 Å². The molecule has 1 aliphatic heterocycles. The number of aromatic hydroxyl groups is 1. The van der Waals surface area contributed by atoms with E-state index in [2.05, 4.69) is 18.7 Å². The van der Waals surface area contributed by atoms with Crippen molar-refractivity contribution in [1.29, 1.82) is 0 Å². The van der Waals surface area contributed by atoms with Crippen molar-refractivity contribution in [1.82, 2.24) is 4.90 Å². The van der Waals surface area contributed by atoms with Crippen molar-refractivity contribution < 1.29 is 9.90 Å². The highest BCUT2D eigenvalue weighted by atomic mass is 16.3. The molecule has 1 aliphatic rings. The van der Waals surface area contributed by atoms with Crippen LogP contribution in [0.2, 0.25) is 0 Å². The van der Waals surface area contributed by atoms with Crippen molar-refractivity contribution in [2.75, 3.05) is 0 Å². The summed E-state index contributed by atoms with van der Waals surface area (Å²) in [6.07, 6.45) is 3.58. The van der Waals surface area contributed by atoms with E-state index < -0.39 is 0 Å². The summed E-state index contributed by atoms with van der Waals surface area (Å²) in [4.78, 5) is 13.9. The third kappa shape index (κ3) is 2.98. The van der Waals surface area contributed by atoms with Gasteiger partial charge in [0.1, 0.15) is 5.75 Å². The Bertz CT molecular complexity index is 470. The highest BCUT2D eigenvalue weighted by molar-refractivity contribution is 5.94. The molecule has 0 radical (unpaired) electrons. The van der Waals surface area contributed by atoms with Crippen LogP contribution in [0.15, 0.2) is 18.2 Å². The van der Waals surface area contributed by atoms with E-state index in [1.165, 1.54) is 12.8 Å². The van der Waals surface area contributed by atoms with E-state index in [0.717, 1.165) is 18.5 Å². The average molecular weight is 261 g/mol. The summed E-state index contributed by atoms with van der Waals surface area (Å²) < 4.78 is 0. The molecule has 1 fully saturated rings. The Morgan fingerprint density at radius 2 is 2.16 bits per heavy atom. The van der Waals surface area contributed by atoms with Gasteiger partial charge in [-0.3, -0.25) is 9.69 Å². The summed E-state index contributed by atoms with van der Waals surface area (Å²) in [5, 5.41) is 9.98. The zero-order valence-corrected chi connectivity index (χ0v) is 12.0. The molecule has 1 aromatic rings. The van der Waals surface area contributed by atoms with Crippen molar-refractivity contribution in [2.45, 2.75) is 58.7 Å². The molecule has 3 nitrogen and oxygen atoms in total. The first-order chi connectivity index (χ1) is 9.02. The fourth-order valence-electron chi connectivity index (χ4n) is 2.98. The van der Waals surface area contributed by atoms with Gasteiger partial charge in [0.05, 0.1) is 0 Å². The monoisotopic (exact) mass is 261 g/mol. The van der Waals surface area contributed by atoms with Gasteiger partial charge in [-0.2, -0.15) is 0 Å². The number of ketones is 1. The van der Waals surface area contributed by atoms with Crippen molar-refractivity contribution in [3.63, 3.8) is 0 Å². The summed E-state index contributed by atoms with van der Waals surface area (Å²) in [7, 11) is 0. The Hall–Kier alpha value is -1.35. The molecule has 19 heavy (non-hydrogen) atoms. The zero-order chi connectivity index (χ0) is 14.0. The second kappa shape index (κ2) is 5.74. The Kier molecular flexibility index (Phi) is 4.25. The van der Waals surface area contributed by atoms with Crippen LogP contribution < -0.4 is 0 Å². The maximum atomic E-state index is 11.4. The molecule has 0 spiro atoms. The maximum Gasteiger partial charge on any atom is 0.159 e. The van der Waals surface area contributed by atoms with Gasteiger partial charge in [0.15, 0.2) is 5.78 Å². The van der Waals surface area contributed by atoms with Gasteiger partial charge in [-0.05, 0) is 51.3 Å². The molecule has 1 heterocycles. The van der Waals surface area contributed by atoms with Gasteiger partial charge in [-0.15, -0.1) is 0 Å². The van der Waals surface area contributed by atoms with Crippen LogP contribution >= 0.6 is 0 Å². The minimum Gasteiger partial charge on any atom is -0.508 e. The molecule has 0 saturated carbocycles. The molecule has 1 N–H and O–H groups in total. The van der Waals surface area contributed by atoms with E-state index in [1.807, 2.05) is 6.07 Å². The molecule has 1 saturated heterocycles. The zero-order valence-electron chi connectivity index (χ0n) is 12.0. The lowest BCUT2D eigenvalue weighted by molar-refractivity contribution is 0.101. The molecule has 0 aromatic heterocycles. The number of nitrogens with zero attached hydrogens (tertiary/aromatic N) is 1. The van der Waals surface area contributed by atoms with Gasteiger partial charge in [0, 0.05) is 29.8 Å². The summed E-state index contributed by atoms with van der Waals surface area (Å²) in [5.74, 6) is 0.335. The molecule has 3 heteroatoms. The minimum absolute atomic E-state index is 0.0442. The van der Waals surface area contributed by atoms with Crippen molar-refractivity contribution in [2.24, 2.45) is 0 Å².